The van der Waals surface area contributed by atoms with Crippen molar-refractivity contribution in [3.8, 4) is 11.5 Å². The van der Waals surface area contributed by atoms with Crippen molar-refractivity contribution in [3.63, 3.8) is 0 Å². The van der Waals surface area contributed by atoms with E-state index in [1.165, 1.54) is 12.1 Å². The number of nitrogens with one attached hydrogen (secondary N) is 1. The number of aliphatic imine (C=N–C) groups is 1. The van der Waals surface area contributed by atoms with Crippen LogP contribution in [0.5, 0.6) is 11.5 Å². The Kier molecular flexibility index (Phi) is 7.88. The lowest BCUT2D eigenvalue weighted by Crippen LogP contribution is -2.37. The van der Waals surface area contributed by atoms with Crippen molar-refractivity contribution in [2.24, 2.45) is 10.7 Å². The van der Waals surface area contributed by atoms with Crippen LogP contribution in [0.3, 0.4) is 0 Å². The van der Waals surface area contributed by atoms with Crippen molar-refractivity contribution in [3.05, 3.63) is 59.4 Å². The first-order valence-corrected chi connectivity index (χ1v) is 8.69. The van der Waals surface area contributed by atoms with Gasteiger partial charge in [-0.2, -0.15) is 0 Å². The minimum absolute atomic E-state index is 0.221. The smallest absolute Gasteiger partial charge is 0.188 e. The van der Waals surface area contributed by atoms with Crippen molar-refractivity contribution in [1.82, 2.24) is 10.2 Å². The van der Waals surface area contributed by atoms with E-state index in [1.807, 2.05) is 25.2 Å². The summed E-state index contributed by atoms with van der Waals surface area (Å²) in [7, 11) is 5.20. The Balaban J connectivity index is 1.76. The summed E-state index contributed by atoms with van der Waals surface area (Å²) in [6.45, 7) is 2.64. The van der Waals surface area contributed by atoms with E-state index in [2.05, 4.69) is 15.2 Å². The first-order valence-electron chi connectivity index (χ1n) is 8.69. The standard InChI is InChI=1S/C20H27FN4O2/c1-25(14-15-4-7-17(21)8-5-15)11-10-23-20(22)24-13-16-6-9-18(26-2)19(12-16)27-3/h4-9,12H,10-11,13-14H2,1-3H3,(H3,22,23,24). The van der Waals surface area contributed by atoms with Gasteiger partial charge in [-0.3, -0.25) is 0 Å². The van der Waals surface area contributed by atoms with Crippen LogP contribution in [0.1, 0.15) is 11.1 Å². The number of nitrogens with zero attached hydrogens (tertiary/aromatic N) is 2. The lowest BCUT2D eigenvalue weighted by atomic mass is 10.2. The highest BCUT2D eigenvalue weighted by Gasteiger charge is 2.05. The van der Waals surface area contributed by atoms with Crippen molar-refractivity contribution in [2.45, 2.75) is 13.1 Å². The molecule has 6 nitrogen and oxygen atoms in total. The maximum absolute atomic E-state index is 12.9. The highest BCUT2D eigenvalue weighted by atomic mass is 19.1. The lowest BCUT2D eigenvalue weighted by Gasteiger charge is -2.17. The summed E-state index contributed by atoms with van der Waals surface area (Å²) < 4.78 is 23.4. The largest absolute Gasteiger partial charge is 0.493 e. The number of hydrogen-bond donors (Lipinski definition) is 2. The van der Waals surface area contributed by atoms with Gasteiger partial charge in [0, 0.05) is 19.6 Å². The average Bonchev–Trinajstić information content (AvgIpc) is 2.67. The molecular weight excluding hydrogens is 347 g/mol. The van der Waals surface area contributed by atoms with Crippen molar-refractivity contribution >= 4 is 5.96 Å². The van der Waals surface area contributed by atoms with Crippen LogP contribution in [0, 0.1) is 5.82 Å². The number of halogens is 1. The third-order valence-electron chi connectivity index (χ3n) is 4.05. The molecule has 0 heterocycles. The molecule has 2 rings (SSSR count). The molecule has 3 N–H and O–H groups in total. The zero-order valence-corrected chi connectivity index (χ0v) is 16.0. The van der Waals surface area contributed by atoms with Gasteiger partial charge in [0.15, 0.2) is 17.5 Å². The van der Waals surface area contributed by atoms with Gasteiger partial charge >= 0.3 is 0 Å². The fraction of sp³-hybridized carbons (Fsp3) is 0.350. The molecule has 0 amide bonds. The molecule has 0 saturated heterocycles. The fourth-order valence-electron chi connectivity index (χ4n) is 2.57. The molecule has 0 bridgehead atoms. The Morgan fingerprint density at radius 3 is 2.41 bits per heavy atom. The maximum Gasteiger partial charge on any atom is 0.188 e. The molecule has 0 unspecified atom stereocenters. The molecule has 0 aromatic heterocycles. The fourth-order valence-corrected chi connectivity index (χ4v) is 2.57. The summed E-state index contributed by atoms with van der Waals surface area (Å²) in [6, 6.07) is 12.2. The second kappa shape index (κ2) is 10.4. The zero-order valence-electron chi connectivity index (χ0n) is 16.0. The molecule has 0 aliphatic rings. The van der Waals surface area contributed by atoms with E-state index >= 15 is 0 Å². The SMILES string of the molecule is COc1ccc(CN=C(N)NCCN(C)Cc2ccc(F)cc2)cc1OC. The van der Waals surface area contributed by atoms with E-state index in [9.17, 15) is 4.39 Å². The number of benzene rings is 2. The lowest BCUT2D eigenvalue weighted by molar-refractivity contribution is 0.331. The Morgan fingerprint density at radius 1 is 1.07 bits per heavy atom. The predicted molar refractivity (Wildman–Crippen MR) is 106 cm³/mol. The molecule has 0 aliphatic carbocycles. The van der Waals surface area contributed by atoms with Gasteiger partial charge < -0.3 is 25.4 Å². The monoisotopic (exact) mass is 374 g/mol. The quantitative estimate of drug-likeness (QED) is 0.521. The van der Waals surface area contributed by atoms with Crippen molar-refractivity contribution in [2.75, 3.05) is 34.4 Å². The maximum atomic E-state index is 12.9. The van der Waals surface area contributed by atoms with Crippen LogP contribution < -0.4 is 20.5 Å². The summed E-state index contributed by atoms with van der Waals surface area (Å²) in [6.07, 6.45) is 0. The van der Waals surface area contributed by atoms with E-state index in [0.29, 0.717) is 30.5 Å². The normalized spacial score (nSPS) is 11.5. The number of methoxy groups -OCH3 is 2. The van der Waals surface area contributed by atoms with Gasteiger partial charge in [0.05, 0.1) is 20.8 Å². The first kappa shape index (κ1) is 20.5. The second-order valence-electron chi connectivity index (χ2n) is 6.18. The summed E-state index contributed by atoms with van der Waals surface area (Å²) in [5.74, 6) is 1.51. The van der Waals surface area contributed by atoms with Crippen LogP contribution >= 0.6 is 0 Å². The van der Waals surface area contributed by atoms with Crippen LogP contribution in [0.4, 0.5) is 4.39 Å². The first-order chi connectivity index (χ1) is 13.0. The number of ether oxygens (including phenoxy) is 2. The van der Waals surface area contributed by atoms with Gasteiger partial charge in [-0.05, 0) is 42.4 Å². The minimum atomic E-state index is -0.221. The van der Waals surface area contributed by atoms with Crippen LogP contribution in [0.15, 0.2) is 47.5 Å². The Labute approximate surface area is 159 Å². The van der Waals surface area contributed by atoms with Gasteiger partial charge in [0.1, 0.15) is 5.82 Å². The number of nitrogens with two attached hydrogens (primary N) is 1. The molecule has 2 aromatic carbocycles. The Bertz CT molecular complexity index is 750. The molecule has 146 valence electrons. The third kappa shape index (κ3) is 6.79. The minimum Gasteiger partial charge on any atom is -0.493 e. The molecule has 2 aromatic rings. The molecule has 0 spiro atoms. The highest BCUT2D eigenvalue weighted by molar-refractivity contribution is 5.77. The second-order valence-corrected chi connectivity index (χ2v) is 6.18. The van der Waals surface area contributed by atoms with E-state index in [1.54, 1.807) is 26.4 Å². The summed E-state index contributed by atoms with van der Waals surface area (Å²) in [5.41, 5.74) is 7.97. The van der Waals surface area contributed by atoms with Crippen LogP contribution in [-0.2, 0) is 13.1 Å². The molecule has 27 heavy (non-hydrogen) atoms. The van der Waals surface area contributed by atoms with E-state index < -0.39 is 0 Å². The highest BCUT2D eigenvalue weighted by Crippen LogP contribution is 2.27. The van der Waals surface area contributed by atoms with Gasteiger partial charge in [-0.25, -0.2) is 9.38 Å². The molecule has 0 aliphatic heterocycles. The van der Waals surface area contributed by atoms with Gasteiger partial charge in [0.2, 0.25) is 0 Å². The molecule has 0 fully saturated rings. The van der Waals surface area contributed by atoms with Crippen LogP contribution in [0.2, 0.25) is 0 Å². The Hall–Kier alpha value is -2.80. The van der Waals surface area contributed by atoms with Crippen LogP contribution in [-0.4, -0.2) is 45.2 Å². The molecule has 0 atom stereocenters. The van der Waals surface area contributed by atoms with E-state index in [4.69, 9.17) is 15.2 Å². The molecule has 0 saturated carbocycles. The molecular formula is C20H27FN4O2. The van der Waals surface area contributed by atoms with E-state index in [-0.39, 0.29) is 5.82 Å². The Morgan fingerprint density at radius 2 is 1.74 bits per heavy atom. The van der Waals surface area contributed by atoms with Crippen LogP contribution in [0.25, 0.3) is 0 Å². The summed E-state index contributed by atoms with van der Waals surface area (Å²) in [4.78, 5) is 6.47. The van der Waals surface area contributed by atoms with Gasteiger partial charge in [-0.15, -0.1) is 0 Å². The molecule has 0 radical (unpaired) electrons. The van der Waals surface area contributed by atoms with Crippen molar-refractivity contribution in [1.29, 1.82) is 0 Å². The number of rotatable bonds is 9. The zero-order chi connectivity index (χ0) is 19.6. The molecule has 7 heteroatoms. The van der Waals surface area contributed by atoms with Crippen molar-refractivity contribution < 1.29 is 13.9 Å². The topological polar surface area (TPSA) is 72.1 Å². The average molecular weight is 374 g/mol. The van der Waals surface area contributed by atoms with Gasteiger partial charge in [-0.1, -0.05) is 18.2 Å². The predicted octanol–water partition coefficient (Wildman–Crippen LogP) is 2.38. The number of hydrogen-bond acceptors (Lipinski definition) is 4. The van der Waals surface area contributed by atoms with E-state index in [0.717, 1.165) is 24.2 Å². The summed E-state index contributed by atoms with van der Waals surface area (Å²) in [5, 5.41) is 3.10. The number of guanidine groups is 1. The van der Waals surface area contributed by atoms with Gasteiger partial charge in [0.25, 0.3) is 0 Å². The summed E-state index contributed by atoms with van der Waals surface area (Å²) >= 11 is 0. The number of likely N-dealkylation sites (N-methyl/N-ethyl adjacent to an activating group) is 1. The third-order valence-corrected chi connectivity index (χ3v) is 4.05.